The summed E-state index contributed by atoms with van der Waals surface area (Å²) in [5, 5.41) is 10.5. The summed E-state index contributed by atoms with van der Waals surface area (Å²) in [7, 11) is 10.5. The Morgan fingerprint density at radius 3 is 1.58 bits per heavy atom. The van der Waals surface area contributed by atoms with Crippen LogP contribution in [-0.4, -0.2) is 42.3 Å². The Morgan fingerprint density at radius 2 is 1.37 bits per heavy atom. The topological polar surface area (TPSA) is 42.3 Å². The van der Waals surface area contributed by atoms with Crippen LogP contribution in [0.1, 0.15) is 26.7 Å². The Bertz CT molecular complexity index is 185. The SMILES string of the molecule is CC(C)CC1=[C-]CC=C1.C[N-]C.C[N-]C.C[N-]C.[Hf+4]. The van der Waals surface area contributed by atoms with Gasteiger partial charge in [-0.15, -0.1) is 6.42 Å². The molecule has 0 unspecified atom stereocenters. The first-order valence-corrected chi connectivity index (χ1v) is 6.23. The van der Waals surface area contributed by atoms with E-state index in [1.165, 1.54) is 12.0 Å². The molecule has 0 bridgehead atoms. The molecule has 1 aliphatic carbocycles. The van der Waals surface area contributed by atoms with Crippen LogP contribution in [-0.2, 0) is 25.8 Å². The summed E-state index contributed by atoms with van der Waals surface area (Å²) < 4.78 is 0. The quantitative estimate of drug-likeness (QED) is 0.454. The minimum Gasteiger partial charge on any atom is -0.668 e. The molecule has 0 atom stereocenters. The Morgan fingerprint density at radius 1 is 1.00 bits per heavy atom. The van der Waals surface area contributed by atoms with Crippen molar-refractivity contribution in [1.82, 2.24) is 0 Å². The zero-order chi connectivity index (χ0) is 14.8. The van der Waals surface area contributed by atoms with E-state index >= 15 is 0 Å². The number of allylic oxidation sites excluding steroid dienone is 4. The van der Waals surface area contributed by atoms with E-state index in [2.05, 4.69) is 48.0 Å². The van der Waals surface area contributed by atoms with Crippen molar-refractivity contribution in [2.45, 2.75) is 26.7 Å². The van der Waals surface area contributed by atoms with Gasteiger partial charge in [0.15, 0.2) is 0 Å². The van der Waals surface area contributed by atoms with Crippen LogP contribution in [0.3, 0.4) is 0 Å². The molecule has 0 aromatic heterocycles. The maximum atomic E-state index is 3.50. The van der Waals surface area contributed by atoms with Crippen molar-refractivity contribution in [3.63, 3.8) is 0 Å². The molecule has 0 aromatic rings. The molecule has 0 amide bonds. The summed E-state index contributed by atoms with van der Waals surface area (Å²) in [4.78, 5) is 0. The third kappa shape index (κ3) is 38.1. The second kappa shape index (κ2) is 26.7. The normalized spacial score (nSPS) is 10.9. The Kier molecular flexibility index (Phi) is 38.8. The van der Waals surface area contributed by atoms with E-state index < -0.39 is 0 Å². The smallest absolute Gasteiger partial charge is 0.668 e. The molecule has 0 heterocycles. The van der Waals surface area contributed by atoms with Crippen molar-refractivity contribution in [3.8, 4) is 0 Å². The van der Waals surface area contributed by atoms with Gasteiger partial charge in [0.2, 0.25) is 0 Å². The third-order valence-electron chi connectivity index (χ3n) is 1.39. The van der Waals surface area contributed by atoms with Gasteiger partial charge in [0.1, 0.15) is 0 Å². The monoisotopic (exact) mass is 433 g/mol. The predicted molar refractivity (Wildman–Crippen MR) is 85.6 cm³/mol. The van der Waals surface area contributed by atoms with Crippen molar-refractivity contribution >= 4 is 0 Å². The second-order valence-corrected chi connectivity index (χ2v) is 4.25. The molecular formula is C15H31HfN3. The molecule has 0 aromatic carbocycles. The second-order valence-electron chi connectivity index (χ2n) is 4.25. The van der Waals surface area contributed by atoms with E-state index in [-0.39, 0.29) is 25.8 Å². The third-order valence-corrected chi connectivity index (χ3v) is 1.39. The van der Waals surface area contributed by atoms with Crippen molar-refractivity contribution in [3.05, 3.63) is 39.8 Å². The zero-order valence-corrected chi connectivity index (χ0v) is 17.6. The predicted octanol–water partition coefficient (Wildman–Crippen LogP) is 4.58. The maximum absolute atomic E-state index is 3.50. The maximum Gasteiger partial charge on any atom is 4.00 e. The van der Waals surface area contributed by atoms with Crippen LogP contribution >= 0.6 is 0 Å². The molecule has 3 nitrogen and oxygen atoms in total. The van der Waals surface area contributed by atoms with E-state index in [0.29, 0.717) is 0 Å². The van der Waals surface area contributed by atoms with Gasteiger partial charge < -0.3 is 16.0 Å². The largest absolute Gasteiger partial charge is 4.00 e. The molecule has 19 heavy (non-hydrogen) atoms. The summed E-state index contributed by atoms with van der Waals surface area (Å²) in [5.74, 6) is 0.773. The molecule has 0 radical (unpaired) electrons. The fraction of sp³-hybridized carbons (Fsp3) is 0.733. The number of nitrogens with zero attached hydrogens (tertiary/aromatic N) is 3. The van der Waals surface area contributed by atoms with Crippen LogP contribution in [0, 0.1) is 12.0 Å². The molecule has 110 valence electrons. The molecule has 0 saturated heterocycles. The van der Waals surface area contributed by atoms with Gasteiger partial charge in [-0.2, -0.15) is 48.4 Å². The number of rotatable bonds is 2. The van der Waals surface area contributed by atoms with Gasteiger partial charge in [0.25, 0.3) is 0 Å². The number of hydrogen-bond donors (Lipinski definition) is 0. The zero-order valence-electron chi connectivity index (χ0n) is 14.0. The van der Waals surface area contributed by atoms with Crippen LogP contribution < -0.4 is 0 Å². The van der Waals surface area contributed by atoms with Crippen LogP contribution in [0.15, 0.2) is 17.7 Å². The molecule has 0 spiro atoms. The summed E-state index contributed by atoms with van der Waals surface area (Å²) >= 11 is 0. The number of hydrogen-bond acceptors (Lipinski definition) is 0. The first-order chi connectivity index (χ1) is 8.53. The first kappa shape index (κ1) is 27.6. The Hall–Kier alpha value is 0.230. The fourth-order valence-electron chi connectivity index (χ4n) is 1.03. The van der Waals surface area contributed by atoms with Crippen LogP contribution in [0.5, 0.6) is 0 Å². The molecule has 0 saturated carbocycles. The molecule has 0 N–H and O–H groups in total. The summed E-state index contributed by atoms with van der Waals surface area (Å²) in [6.45, 7) is 4.47. The molecule has 0 fully saturated rings. The van der Waals surface area contributed by atoms with Crippen molar-refractivity contribution in [1.29, 1.82) is 0 Å². The summed E-state index contributed by atoms with van der Waals surface area (Å²) in [6.07, 6.45) is 9.86. The molecule has 0 aliphatic heterocycles. The summed E-state index contributed by atoms with van der Waals surface area (Å²) in [5.41, 5.74) is 1.39. The van der Waals surface area contributed by atoms with Crippen LogP contribution in [0.2, 0.25) is 0 Å². The van der Waals surface area contributed by atoms with Gasteiger partial charge in [-0.3, -0.25) is 6.08 Å². The van der Waals surface area contributed by atoms with Crippen molar-refractivity contribution in [2.75, 3.05) is 42.3 Å². The molecule has 1 aliphatic rings. The molecule has 4 heteroatoms. The average molecular weight is 432 g/mol. The van der Waals surface area contributed by atoms with Crippen LogP contribution in [0.4, 0.5) is 0 Å². The molecular weight excluding hydrogens is 401 g/mol. The minimum absolute atomic E-state index is 0. The van der Waals surface area contributed by atoms with E-state index in [1.54, 1.807) is 42.3 Å². The van der Waals surface area contributed by atoms with Gasteiger partial charge in [0, 0.05) is 0 Å². The van der Waals surface area contributed by atoms with E-state index in [9.17, 15) is 0 Å². The fourth-order valence-corrected chi connectivity index (χ4v) is 1.03. The Labute approximate surface area is 140 Å². The molecule has 1 rings (SSSR count). The van der Waals surface area contributed by atoms with Crippen molar-refractivity contribution in [2.24, 2.45) is 5.92 Å². The van der Waals surface area contributed by atoms with E-state index in [1.807, 2.05) is 0 Å². The van der Waals surface area contributed by atoms with Gasteiger partial charge in [0.05, 0.1) is 0 Å². The van der Waals surface area contributed by atoms with Gasteiger partial charge in [-0.25, -0.2) is 11.6 Å². The van der Waals surface area contributed by atoms with Crippen molar-refractivity contribution < 1.29 is 25.8 Å². The van der Waals surface area contributed by atoms with Crippen LogP contribution in [0.25, 0.3) is 16.0 Å². The minimum atomic E-state index is 0. The van der Waals surface area contributed by atoms with Gasteiger partial charge in [-0.1, -0.05) is 20.3 Å². The van der Waals surface area contributed by atoms with E-state index in [0.717, 1.165) is 12.3 Å². The summed E-state index contributed by atoms with van der Waals surface area (Å²) in [6, 6.07) is 0. The standard InChI is InChI=1S/C9H13.3C2H6N.Hf/c1-8(2)7-9-5-3-4-6-9;3*1-3-2;/h3,5,8H,4,7H2,1-2H3;3*1-2H3;/q4*-1;+4. The van der Waals surface area contributed by atoms with Gasteiger partial charge >= 0.3 is 25.8 Å². The average Bonchev–Trinajstić information content (AvgIpc) is 2.73. The Balaban J connectivity index is -0.0000000956. The first-order valence-electron chi connectivity index (χ1n) is 6.23. The van der Waals surface area contributed by atoms with Gasteiger partial charge in [-0.05, 0) is 5.92 Å². The van der Waals surface area contributed by atoms with E-state index in [4.69, 9.17) is 0 Å².